The quantitative estimate of drug-likeness (QED) is 0.883. The zero-order valence-corrected chi connectivity index (χ0v) is 11.0. The minimum absolute atomic E-state index is 0.0209. The molecule has 2 rings (SSSR count). The maximum atomic E-state index is 10.9. The van der Waals surface area contributed by atoms with Crippen molar-refractivity contribution >= 4 is 17.6 Å². The normalized spacial score (nSPS) is 16.4. The van der Waals surface area contributed by atoms with E-state index in [0.29, 0.717) is 16.3 Å². The molecular formula is C13H15ClO4. The molecule has 0 unspecified atom stereocenters. The number of aryl methyl sites for hydroxylation is 1. The van der Waals surface area contributed by atoms with Gasteiger partial charge in [-0.05, 0) is 31.4 Å². The number of hydrogen-bond donors (Lipinski definition) is 2. The molecule has 0 amide bonds. The molecule has 5 heteroatoms. The molecular weight excluding hydrogens is 256 g/mol. The lowest BCUT2D eigenvalue weighted by Gasteiger charge is -2.20. The van der Waals surface area contributed by atoms with Crippen LogP contribution in [0.5, 0.6) is 11.5 Å². The number of carboxylic acid groups (broad SMARTS) is 1. The van der Waals surface area contributed by atoms with Crippen molar-refractivity contribution in [2.24, 2.45) is 0 Å². The molecule has 18 heavy (non-hydrogen) atoms. The lowest BCUT2D eigenvalue weighted by molar-refractivity contribution is -0.137. The number of phenolic OH excluding ortho intramolecular Hbond substituents is 1. The lowest BCUT2D eigenvalue weighted by atomic mass is 9.90. The van der Waals surface area contributed by atoms with E-state index in [1.165, 1.54) is 7.11 Å². The van der Waals surface area contributed by atoms with Gasteiger partial charge in [0.15, 0.2) is 11.5 Å². The van der Waals surface area contributed by atoms with E-state index in [2.05, 4.69) is 0 Å². The highest BCUT2D eigenvalue weighted by atomic mass is 35.5. The second-order valence-corrected chi connectivity index (χ2v) is 5.16. The van der Waals surface area contributed by atoms with Crippen molar-refractivity contribution < 1.29 is 19.7 Å². The molecule has 0 heterocycles. The number of halogens is 1. The largest absolute Gasteiger partial charge is 0.504 e. The summed E-state index contributed by atoms with van der Waals surface area (Å²) in [6, 6.07) is 1.65. The number of benzene rings is 1. The molecule has 0 atom stereocenters. The molecule has 1 fully saturated rings. The molecule has 1 saturated carbocycles. The minimum atomic E-state index is -0.886. The van der Waals surface area contributed by atoms with Gasteiger partial charge in [-0.1, -0.05) is 11.6 Å². The van der Waals surface area contributed by atoms with Gasteiger partial charge in [-0.3, -0.25) is 4.79 Å². The molecule has 0 saturated heterocycles. The zero-order chi connectivity index (χ0) is 13.5. The molecule has 1 aromatic carbocycles. The third-order valence-electron chi connectivity index (χ3n) is 3.48. The van der Waals surface area contributed by atoms with Crippen molar-refractivity contribution in [2.45, 2.75) is 31.6 Å². The number of methoxy groups -OCH3 is 1. The fraction of sp³-hybridized carbons (Fsp3) is 0.462. The van der Waals surface area contributed by atoms with E-state index in [4.69, 9.17) is 21.4 Å². The SMILES string of the molecule is COc1cc(C)c(Cl)c(C2(CC(=O)O)CC2)c1O. The Morgan fingerprint density at radius 3 is 2.61 bits per heavy atom. The van der Waals surface area contributed by atoms with Crippen LogP contribution in [-0.4, -0.2) is 23.3 Å². The van der Waals surface area contributed by atoms with E-state index in [-0.39, 0.29) is 12.2 Å². The van der Waals surface area contributed by atoms with Gasteiger partial charge in [0.2, 0.25) is 0 Å². The van der Waals surface area contributed by atoms with Crippen LogP contribution in [0.25, 0.3) is 0 Å². The fourth-order valence-electron chi connectivity index (χ4n) is 2.35. The molecule has 1 aliphatic carbocycles. The first-order chi connectivity index (χ1) is 8.41. The summed E-state index contributed by atoms with van der Waals surface area (Å²) in [5.41, 5.74) is 0.758. The Labute approximate surface area is 110 Å². The van der Waals surface area contributed by atoms with Crippen molar-refractivity contribution in [3.05, 3.63) is 22.2 Å². The van der Waals surface area contributed by atoms with E-state index < -0.39 is 11.4 Å². The van der Waals surface area contributed by atoms with E-state index in [1.807, 2.05) is 6.92 Å². The van der Waals surface area contributed by atoms with Crippen LogP contribution in [0, 0.1) is 6.92 Å². The van der Waals surface area contributed by atoms with E-state index in [0.717, 1.165) is 18.4 Å². The highest BCUT2D eigenvalue weighted by Gasteiger charge is 2.49. The maximum absolute atomic E-state index is 10.9. The monoisotopic (exact) mass is 270 g/mol. The number of hydrogen-bond acceptors (Lipinski definition) is 3. The number of phenols is 1. The van der Waals surface area contributed by atoms with E-state index in [1.54, 1.807) is 6.07 Å². The van der Waals surface area contributed by atoms with Crippen LogP contribution in [0.15, 0.2) is 6.07 Å². The molecule has 0 spiro atoms. The Morgan fingerprint density at radius 2 is 2.17 bits per heavy atom. The molecule has 0 aliphatic heterocycles. The predicted molar refractivity (Wildman–Crippen MR) is 67.6 cm³/mol. The smallest absolute Gasteiger partial charge is 0.304 e. The number of rotatable bonds is 4. The van der Waals surface area contributed by atoms with Gasteiger partial charge < -0.3 is 14.9 Å². The van der Waals surface area contributed by atoms with Crippen LogP contribution in [0.1, 0.15) is 30.4 Å². The van der Waals surface area contributed by atoms with E-state index in [9.17, 15) is 9.90 Å². The second-order valence-electron chi connectivity index (χ2n) is 4.78. The summed E-state index contributed by atoms with van der Waals surface area (Å²) in [4.78, 5) is 10.9. The summed E-state index contributed by atoms with van der Waals surface area (Å²) >= 11 is 6.23. The molecule has 4 nitrogen and oxygen atoms in total. The molecule has 1 aliphatic rings. The molecule has 0 bridgehead atoms. The van der Waals surface area contributed by atoms with Gasteiger partial charge in [0, 0.05) is 11.0 Å². The van der Waals surface area contributed by atoms with Gasteiger partial charge in [0.05, 0.1) is 18.6 Å². The maximum Gasteiger partial charge on any atom is 0.304 e. The number of aromatic hydroxyl groups is 1. The first-order valence-corrected chi connectivity index (χ1v) is 6.07. The van der Waals surface area contributed by atoms with Gasteiger partial charge in [0.25, 0.3) is 0 Å². The van der Waals surface area contributed by atoms with Crippen molar-refractivity contribution in [1.29, 1.82) is 0 Å². The van der Waals surface area contributed by atoms with Gasteiger partial charge >= 0.3 is 5.97 Å². The third kappa shape index (κ3) is 2.01. The first kappa shape index (κ1) is 13.0. The number of ether oxygens (including phenoxy) is 1. The second kappa shape index (κ2) is 4.35. The molecule has 0 aromatic heterocycles. The first-order valence-electron chi connectivity index (χ1n) is 5.69. The van der Waals surface area contributed by atoms with Crippen LogP contribution in [0.4, 0.5) is 0 Å². The number of aliphatic carboxylic acids is 1. The van der Waals surface area contributed by atoms with Gasteiger partial charge in [-0.2, -0.15) is 0 Å². The van der Waals surface area contributed by atoms with Gasteiger partial charge in [0.1, 0.15) is 0 Å². The number of carbonyl (C=O) groups is 1. The Hall–Kier alpha value is -1.42. The summed E-state index contributed by atoms with van der Waals surface area (Å²) in [7, 11) is 1.46. The summed E-state index contributed by atoms with van der Waals surface area (Å²) in [5.74, 6) is -0.584. The average molecular weight is 271 g/mol. The van der Waals surface area contributed by atoms with Crippen LogP contribution in [-0.2, 0) is 10.2 Å². The molecule has 2 N–H and O–H groups in total. The Balaban J connectivity index is 2.56. The van der Waals surface area contributed by atoms with Gasteiger partial charge in [-0.25, -0.2) is 0 Å². The zero-order valence-electron chi connectivity index (χ0n) is 10.3. The highest BCUT2D eigenvalue weighted by Crippen LogP contribution is 2.58. The minimum Gasteiger partial charge on any atom is -0.504 e. The third-order valence-corrected chi connectivity index (χ3v) is 3.96. The molecule has 0 radical (unpaired) electrons. The van der Waals surface area contributed by atoms with Crippen molar-refractivity contribution in [3.8, 4) is 11.5 Å². The standard InChI is InChI=1S/C13H15ClO4/c1-7-5-8(18-2)12(17)10(11(7)14)13(3-4-13)6-9(15)16/h5,17H,3-4,6H2,1-2H3,(H,15,16). The van der Waals surface area contributed by atoms with Crippen LogP contribution < -0.4 is 4.74 Å². The van der Waals surface area contributed by atoms with Crippen molar-refractivity contribution in [1.82, 2.24) is 0 Å². The number of carboxylic acids is 1. The highest BCUT2D eigenvalue weighted by molar-refractivity contribution is 6.32. The lowest BCUT2D eigenvalue weighted by Crippen LogP contribution is -2.14. The Bertz CT molecular complexity index is 506. The van der Waals surface area contributed by atoms with Crippen molar-refractivity contribution in [2.75, 3.05) is 7.11 Å². The predicted octanol–water partition coefficient (Wildman–Crippen LogP) is 2.87. The molecule has 1 aromatic rings. The summed E-state index contributed by atoms with van der Waals surface area (Å²) in [6.07, 6.45) is 1.42. The summed E-state index contributed by atoms with van der Waals surface area (Å²) in [5, 5.41) is 19.6. The topological polar surface area (TPSA) is 66.8 Å². The van der Waals surface area contributed by atoms with Crippen molar-refractivity contribution in [3.63, 3.8) is 0 Å². The Kier molecular flexibility index (Phi) is 3.15. The van der Waals surface area contributed by atoms with Crippen LogP contribution >= 0.6 is 11.6 Å². The van der Waals surface area contributed by atoms with Crippen LogP contribution in [0.3, 0.4) is 0 Å². The Morgan fingerprint density at radius 1 is 1.56 bits per heavy atom. The van der Waals surface area contributed by atoms with Crippen LogP contribution in [0.2, 0.25) is 5.02 Å². The molecule has 98 valence electrons. The summed E-state index contributed by atoms with van der Waals surface area (Å²) in [6.45, 7) is 1.81. The van der Waals surface area contributed by atoms with Gasteiger partial charge in [-0.15, -0.1) is 0 Å². The summed E-state index contributed by atoms with van der Waals surface area (Å²) < 4.78 is 5.09. The fourth-order valence-corrected chi connectivity index (χ4v) is 2.69. The average Bonchev–Trinajstić information content (AvgIpc) is 3.03. The van der Waals surface area contributed by atoms with E-state index >= 15 is 0 Å².